The summed E-state index contributed by atoms with van der Waals surface area (Å²) in [7, 11) is 0. The molecule has 0 aliphatic carbocycles. The monoisotopic (exact) mass is 264 g/mol. The Hall–Kier alpha value is -1.79. The fourth-order valence-corrected chi connectivity index (χ4v) is 2.35. The van der Waals surface area contributed by atoms with Crippen molar-refractivity contribution in [3.8, 4) is 11.5 Å². The van der Waals surface area contributed by atoms with Gasteiger partial charge in [-0.2, -0.15) is 0 Å². The Morgan fingerprint density at radius 1 is 1.47 bits per heavy atom. The number of fused-ring (bicyclic) bond motifs is 1. The number of benzene rings is 1. The average molecular weight is 264 g/mol. The van der Waals surface area contributed by atoms with Crippen LogP contribution in [0.2, 0.25) is 0 Å². The molecule has 2 aliphatic heterocycles. The van der Waals surface area contributed by atoms with Crippen LogP contribution in [0.5, 0.6) is 11.5 Å². The van der Waals surface area contributed by atoms with Crippen LogP contribution in [-0.4, -0.2) is 36.5 Å². The highest BCUT2D eigenvalue weighted by molar-refractivity contribution is 5.82. The minimum absolute atomic E-state index is 0.104. The molecule has 102 valence electrons. The number of hydrogen-bond acceptors (Lipinski definition) is 5. The van der Waals surface area contributed by atoms with Crippen molar-refractivity contribution >= 4 is 5.91 Å². The molecule has 2 aliphatic rings. The number of aliphatic hydroxyl groups is 1. The SMILES string of the molecule is O=C(NCc1cccc2c1OCO2)[C@H]1C[C@@H](O)CN1. The van der Waals surface area contributed by atoms with Gasteiger partial charge in [0.15, 0.2) is 11.5 Å². The van der Waals surface area contributed by atoms with Gasteiger partial charge in [-0.25, -0.2) is 0 Å². The molecule has 3 N–H and O–H groups in total. The number of carbonyl (C=O) groups excluding carboxylic acids is 1. The number of carbonyl (C=O) groups is 1. The molecule has 0 aromatic heterocycles. The van der Waals surface area contributed by atoms with Crippen LogP contribution >= 0.6 is 0 Å². The maximum atomic E-state index is 11.9. The largest absolute Gasteiger partial charge is 0.454 e. The number of hydrogen-bond donors (Lipinski definition) is 3. The van der Waals surface area contributed by atoms with Gasteiger partial charge >= 0.3 is 0 Å². The minimum Gasteiger partial charge on any atom is -0.454 e. The van der Waals surface area contributed by atoms with Crippen LogP contribution in [-0.2, 0) is 11.3 Å². The topological polar surface area (TPSA) is 79.8 Å². The molecule has 6 heteroatoms. The second-order valence-corrected chi connectivity index (χ2v) is 4.72. The van der Waals surface area contributed by atoms with Crippen LogP contribution in [0.4, 0.5) is 0 Å². The molecule has 0 saturated carbocycles. The molecule has 6 nitrogen and oxygen atoms in total. The number of amides is 1. The Kier molecular flexibility index (Phi) is 3.27. The zero-order chi connectivity index (χ0) is 13.2. The van der Waals surface area contributed by atoms with Crippen LogP contribution in [0.15, 0.2) is 18.2 Å². The first kappa shape index (κ1) is 12.3. The number of ether oxygens (including phenoxy) is 2. The summed E-state index contributed by atoms with van der Waals surface area (Å²) in [5.41, 5.74) is 0.891. The Morgan fingerprint density at radius 3 is 3.16 bits per heavy atom. The summed E-state index contributed by atoms with van der Waals surface area (Å²) in [4.78, 5) is 11.9. The van der Waals surface area contributed by atoms with Crippen molar-refractivity contribution in [2.75, 3.05) is 13.3 Å². The molecule has 0 bridgehead atoms. The van der Waals surface area contributed by atoms with E-state index in [-0.39, 0.29) is 18.7 Å². The van der Waals surface area contributed by atoms with Crippen molar-refractivity contribution in [2.24, 2.45) is 0 Å². The highest BCUT2D eigenvalue weighted by atomic mass is 16.7. The Balaban J connectivity index is 1.61. The number of rotatable bonds is 3. The third kappa shape index (κ3) is 2.50. The lowest BCUT2D eigenvalue weighted by Crippen LogP contribution is -2.40. The summed E-state index contributed by atoms with van der Waals surface area (Å²) < 4.78 is 10.7. The number of aliphatic hydroxyl groups excluding tert-OH is 1. The van der Waals surface area contributed by atoms with Crippen LogP contribution in [0.1, 0.15) is 12.0 Å². The first-order chi connectivity index (χ1) is 9.24. The van der Waals surface area contributed by atoms with Gasteiger partial charge < -0.3 is 25.2 Å². The van der Waals surface area contributed by atoms with E-state index in [1.54, 1.807) is 0 Å². The van der Waals surface area contributed by atoms with Gasteiger partial charge in [-0.15, -0.1) is 0 Å². The van der Waals surface area contributed by atoms with E-state index in [9.17, 15) is 9.90 Å². The molecule has 0 spiro atoms. The summed E-state index contributed by atoms with van der Waals surface area (Å²) in [6, 6.07) is 5.28. The zero-order valence-corrected chi connectivity index (χ0v) is 10.4. The van der Waals surface area contributed by atoms with E-state index in [2.05, 4.69) is 10.6 Å². The van der Waals surface area contributed by atoms with Crippen LogP contribution in [0.3, 0.4) is 0 Å². The summed E-state index contributed by atoms with van der Waals surface area (Å²) in [5.74, 6) is 1.30. The summed E-state index contributed by atoms with van der Waals surface area (Å²) in [5, 5.41) is 15.2. The first-order valence-electron chi connectivity index (χ1n) is 6.30. The molecule has 2 heterocycles. The molecule has 0 radical (unpaired) electrons. The van der Waals surface area contributed by atoms with Gasteiger partial charge in [0.25, 0.3) is 0 Å². The molecule has 1 amide bonds. The predicted octanol–water partition coefficient (Wildman–Crippen LogP) is -0.246. The Morgan fingerprint density at radius 2 is 2.37 bits per heavy atom. The van der Waals surface area contributed by atoms with E-state index < -0.39 is 6.10 Å². The number of nitrogens with one attached hydrogen (secondary N) is 2. The molecule has 1 aromatic rings. The number of para-hydroxylation sites is 1. The van der Waals surface area contributed by atoms with Crippen molar-refractivity contribution < 1.29 is 19.4 Å². The third-order valence-electron chi connectivity index (χ3n) is 3.36. The lowest BCUT2D eigenvalue weighted by molar-refractivity contribution is -0.123. The van der Waals surface area contributed by atoms with Crippen LogP contribution in [0.25, 0.3) is 0 Å². The van der Waals surface area contributed by atoms with E-state index in [0.717, 1.165) is 5.56 Å². The van der Waals surface area contributed by atoms with Gasteiger partial charge in [-0.3, -0.25) is 4.79 Å². The van der Waals surface area contributed by atoms with Crippen LogP contribution < -0.4 is 20.1 Å². The third-order valence-corrected chi connectivity index (χ3v) is 3.36. The van der Waals surface area contributed by atoms with E-state index in [1.165, 1.54) is 0 Å². The molecule has 1 fully saturated rings. The molecule has 19 heavy (non-hydrogen) atoms. The van der Waals surface area contributed by atoms with Gasteiger partial charge in [-0.05, 0) is 12.5 Å². The predicted molar refractivity (Wildman–Crippen MR) is 66.8 cm³/mol. The minimum atomic E-state index is -0.437. The van der Waals surface area contributed by atoms with Crippen molar-refractivity contribution in [3.05, 3.63) is 23.8 Å². The summed E-state index contributed by atoms with van der Waals surface area (Å²) in [6.45, 7) is 1.08. The Labute approximate surface area is 110 Å². The van der Waals surface area contributed by atoms with Crippen molar-refractivity contribution in [1.82, 2.24) is 10.6 Å². The summed E-state index contributed by atoms with van der Waals surface area (Å²) >= 11 is 0. The lowest BCUT2D eigenvalue weighted by atomic mass is 10.1. The molecule has 1 aromatic carbocycles. The maximum Gasteiger partial charge on any atom is 0.237 e. The van der Waals surface area contributed by atoms with E-state index in [1.807, 2.05) is 18.2 Å². The Bertz CT molecular complexity index is 492. The molecular weight excluding hydrogens is 248 g/mol. The smallest absolute Gasteiger partial charge is 0.237 e. The normalized spacial score (nSPS) is 24.5. The van der Waals surface area contributed by atoms with Gasteiger partial charge in [0.1, 0.15) is 0 Å². The zero-order valence-electron chi connectivity index (χ0n) is 10.4. The second-order valence-electron chi connectivity index (χ2n) is 4.72. The van der Waals surface area contributed by atoms with E-state index in [0.29, 0.717) is 31.0 Å². The fraction of sp³-hybridized carbons (Fsp3) is 0.462. The molecule has 3 rings (SSSR count). The maximum absolute atomic E-state index is 11.9. The van der Waals surface area contributed by atoms with Crippen molar-refractivity contribution in [1.29, 1.82) is 0 Å². The fourth-order valence-electron chi connectivity index (χ4n) is 2.35. The standard InChI is InChI=1S/C13H16N2O4/c16-9-4-10(14-6-9)13(17)15-5-8-2-1-3-11-12(8)19-7-18-11/h1-3,9-10,14,16H,4-7H2,(H,15,17)/t9-,10-/m1/s1. The lowest BCUT2D eigenvalue weighted by Gasteiger charge is -2.12. The second kappa shape index (κ2) is 5.07. The van der Waals surface area contributed by atoms with Gasteiger partial charge in [-0.1, -0.05) is 12.1 Å². The highest BCUT2D eigenvalue weighted by Gasteiger charge is 2.28. The van der Waals surface area contributed by atoms with E-state index >= 15 is 0 Å². The molecule has 2 atom stereocenters. The first-order valence-corrected chi connectivity index (χ1v) is 6.30. The summed E-state index contributed by atoms with van der Waals surface area (Å²) in [6.07, 6.45) is 0.0201. The van der Waals surface area contributed by atoms with Gasteiger partial charge in [0, 0.05) is 18.7 Å². The van der Waals surface area contributed by atoms with Crippen LogP contribution in [0, 0.1) is 0 Å². The van der Waals surface area contributed by atoms with E-state index in [4.69, 9.17) is 9.47 Å². The quantitative estimate of drug-likeness (QED) is 0.702. The molecular formula is C13H16N2O4. The molecule has 0 unspecified atom stereocenters. The number of β-amino-alcohol motifs (C(OH)–C–C–N with tert-alkyl or cyclic N) is 1. The van der Waals surface area contributed by atoms with Crippen molar-refractivity contribution in [2.45, 2.75) is 25.1 Å². The average Bonchev–Trinajstić information content (AvgIpc) is 3.04. The van der Waals surface area contributed by atoms with Gasteiger partial charge in [0.2, 0.25) is 12.7 Å². The van der Waals surface area contributed by atoms with Gasteiger partial charge in [0.05, 0.1) is 12.1 Å². The highest BCUT2D eigenvalue weighted by Crippen LogP contribution is 2.35. The molecule has 1 saturated heterocycles. The van der Waals surface area contributed by atoms with Crippen molar-refractivity contribution in [3.63, 3.8) is 0 Å².